The standard InChI is InChI=1S/C20H18F4N2O4S/c1-4-19(28,11-31(29,30)17-8-5-13(21)9-12(17)2)18(27)26-14-6-7-16(25-3)15(10-14)20(22,23)24/h5-10,28H,4,11H2,1-2H3,(H,26,27)/i4D2,5D,6D,7D,8D,9D,10D,11D2,28D/hD. The molecule has 0 aliphatic carbocycles. The third-order valence-corrected chi connectivity index (χ3v) is 5.01. The van der Waals surface area contributed by atoms with E-state index in [-0.39, 0.29) is 6.92 Å². The van der Waals surface area contributed by atoms with Crippen LogP contribution in [0, 0.1) is 19.3 Å². The fourth-order valence-electron chi connectivity index (χ4n) is 2.08. The van der Waals surface area contributed by atoms with Crippen LogP contribution in [0.25, 0.3) is 4.85 Å². The SMILES string of the molecule is [2H]OC(C(=O)N([2H])c1c([2H])c([2H])c([N+]#[C-])c(C(F)(F)F)c1[2H])(C([2H])([2H])C)C([2H])([2H])S(=O)(=O)c1c([2H])c([2H])c(F)c([2H])c1C. The Morgan fingerprint density at radius 3 is 2.58 bits per heavy atom. The van der Waals surface area contributed by atoms with Crippen molar-refractivity contribution in [2.45, 2.75) is 36.9 Å². The first kappa shape index (κ1) is 12.2. The highest BCUT2D eigenvalue weighted by Crippen LogP contribution is 2.38. The van der Waals surface area contributed by atoms with Crippen molar-refractivity contribution in [1.29, 1.82) is 1.43 Å². The van der Waals surface area contributed by atoms with E-state index in [1.807, 2.05) is 0 Å². The minimum absolute atomic E-state index is 0.258. The summed E-state index contributed by atoms with van der Waals surface area (Å²) < 4.78 is 178. The lowest BCUT2D eigenvalue weighted by Crippen LogP contribution is -2.48. The van der Waals surface area contributed by atoms with Gasteiger partial charge >= 0.3 is 6.18 Å². The number of aliphatic hydroxyl groups is 1. The zero-order chi connectivity index (χ0) is 34.0. The molecule has 0 radical (unpaired) electrons. The number of alkyl halides is 3. The maximum atomic E-state index is 14.2. The normalized spacial score (nSPS) is 20.3. The van der Waals surface area contributed by atoms with E-state index in [0.717, 1.165) is 0 Å². The monoisotopic (exact) mass is 470 g/mol. The molecule has 6 nitrogen and oxygen atoms in total. The average Bonchev–Trinajstić information content (AvgIpc) is 2.86. The van der Waals surface area contributed by atoms with Crippen LogP contribution in [-0.2, 0) is 20.8 Å². The lowest BCUT2D eigenvalue weighted by atomic mass is 10.0. The van der Waals surface area contributed by atoms with Gasteiger partial charge in [-0.3, -0.25) is 4.79 Å². The number of halogens is 4. The Hall–Kier alpha value is -2.97. The smallest absolute Gasteiger partial charge is 0.379 e. The molecular formula is C20H18F4N2O4S. The first-order chi connectivity index (χ1) is 19.2. The van der Waals surface area contributed by atoms with Gasteiger partial charge in [-0.2, -0.15) is 13.2 Å². The van der Waals surface area contributed by atoms with Gasteiger partial charge in [0, 0.05) is 12.5 Å². The Kier molecular flexibility index (Phi) is 3.39. The van der Waals surface area contributed by atoms with E-state index in [2.05, 4.69) is 9.95 Å². The van der Waals surface area contributed by atoms with Gasteiger partial charge in [0.1, 0.15) is 5.82 Å². The minimum atomic E-state index is -6.17. The molecule has 0 saturated heterocycles. The summed E-state index contributed by atoms with van der Waals surface area (Å²) in [6.45, 7) is 7.87. The number of amides is 1. The van der Waals surface area contributed by atoms with Gasteiger partial charge in [-0.05, 0) is 49.1 Å². The summed E-state index contributed by atoms with van der Waals surface area (Å²) in [4.78, 5) is 14.5. The Labute approximate surface area is 193 Å². The van der Waals surface area contributed by atoms with Crippen LogP contribution in [-0.4, -0.2) is 32.2 Å². The highest BCUT2D eigenvalue weighted by Gasteiger charge is 2.40. The van der Waals surface area contributed by atoms with Crippen LogP contribution in [0.4, 0.5) is 28.9 Å². The first-order valence-electron chi connectivity index (χ1n) is 13.7. The summed E-state index contributed by atoms with van der Waals surface area (Å²) in [7, 11) is -6.17. The van der Waals surface area contributed by atoms with Crippen molar-refractivity contribution < 1.29 is 51.0 Å². The Bertz CT molecular complexity index is 1650. The molecule has 1 amide bonds. The van der Waals surface area contributed by atoms with Crippen molar-refractivity contribution in [3.63, 3.8) is 0 Å². The van der Waals surface area contributed by atoms with Crippen LogP contribution < -0.4 is 5.31 Å². The van der Waals surface area contributed by atoms with Crippen molar-refractivity contribution in [3.8, 4) is 0 Å². The number of hydrogen-bond acceptors (Lipinski definition) is 4. The molecule has 166 valence electrons. The van der Waals surface area contributed by atoms with Gasteiger partial charge in [-0.15, -0.1) is 0 Å². The van der Waals surface area contributed by atoms with E-state index in [4.69, 9.17) is 23.1 Å². The summed E-state index contributed by atoms with van der Waals surface area (Å²) in [6, 6.07) is -9.53. The predicted octanol–water partition coefficient (Wildman–Crippen LogP) is 4.26. The molecule has 2 N–H and O–H groups in total. The van der Waals surface area contributed by atoms with E-state index in [0.29, 0.717) is 6.92 Å². The van der Waals surface area contributed by atoms with Gasteiger partial charge in [-0.25, -0.2) is 17.7 Å². The Morgan fingerprint density at radius 2 is 2.03 bits per heavy atom. The maximum absolute atomic E-state index is 14.2. The van der Waals surface area contributed by atoms with Gasteiger partial charge in [0.05, 0.1) is 29.6 Å². The molecule has 0 bridgehead atoms. The maximum Gasteiger partial charge on any atom is 0.407 e. The first-order valence-corrected chi connectivity index (χ1v) is 9.28. The zero-order valence-electron chi connectivity index (χ0n) is 27.4. The molecule has 2 aromatic rings. The van der Waals surface area contributed by atoms with Crippen LogP contribution in [0.3, 0.4) is 0 Å². The second-order valence-corrected chi connectivity index (χ2v) is 7.27. The number of sulfone groups is 1. The molecule has 2 rings (SSSR count). The number of carbonyl (C=O) groups is 1. The van der Waals surface area contributed by atoms with Crippen LogP contribution in [0.15, 0.2) is 41.1 Å². The zero-order valence-corrected chi connectivity index (χ0v) is 16.3. The lowest BCUT2D eigenvalue weighted by Gasteiger charge is -2.26. The van der Waals surface area contributed by atoms with E-state index < -0.39 is 114 Å². The number of benzene rings is 2. The largest absolute Gasteiger partial charge is 0.407 e. The molecule has 2 aromatic carbocycles. The second-order valence-electron chi connectivity index (χ2n) is 5.65. The van der Waals surface area contributed by atoms with Crippen molar-refractivity contribution in [1.82, 2.24) is 0 Å². The van der Waals surface area contributed by atoms with Crippen molar-refractivity contribution >= 4 is 27.1 Å². The molecule has 0 spiro atoms. The summed E-state index contributed by atoms with van der Waals surface area (Å²) in [5.41, 5.74) is -15.7. The molecule has 11 heteroatoms. The van der Waals surface area contributed by atoms with Gasteiger partial charge in [0.15, 0.2) is 22.5 Å². The summed E-state index contributed by atoms with van der Waals surface area (Å²) >= 11 is 0. The van der Waals surface area contributed by atoms with Crippen LogP contribution in [0.5, 0.6) is 0 Å². The van der Waals surface area contributed by atoms with Crippen LogP contribution >= 0.6 is 0 Å². The molecule has 0 aromatic heterocycles. The van der Waals surface area contributed by atoms with Crippen LogP contribution in [0.1, 0.15) is 38.1 Å². The third-order valence-electron chi connectivity index (χ3n) is 3.51. The molecule has 0 heterocycles. The number of nitrogens with one attached hydrogen (secondary N) is 1. The van der Waals surface area contributed by atoms with Crippen molar-refractivity contribution in [3.05, 3.63) is 64.6 Å². The topological polar surface area (TPSA) is 87.8 Å². The highest BCUT2D eigenvalue weighted by atomic mass is 32.2. The molecule has 1 unspecified atom stereocenters. The highest BCUT2D eigenvalue weighted by molar-refractivity contribution is 7.91. The number of rotatable bonds is 7. The molecule has 0 saturated carbocycles. The lowest BCUT2D eigenvalue weighted by molar-refractivity contribution is -0.137. The van der Waals surface area contributed by atoms with E-state index >= 15 is 0 Å². The Morgan fingerprint density at radius 1 is 1.35 bits per heavy atom. The number of anilines is 1. The predicted molar refractivity (Wildman–Crippen MR) is 105 cm³/mol. The molecule has 1 atom stereocenters. The van der Waals surface area contributed by atoms with Gasteiger partial charge in [-0.1, -0.05) is 13.0 Å². The molecule has 0 aliphatic heterocycles. The van der Waals surface area contributed by atoms with Gasteiger partial charge < -0.3 is 10.4 Å². The number of nitrogens with zero attached hydrogens (tertiary/aromatic N) is 1. The molecule has 31 heavy (non-hydrogen) atoms. The molecular weight excluding hydrogens is 440 g/mol. The summed E-state index contributed by atoms with van der Waals surface area (Å²) in [6.07, 6.45) is -9.35. The fraction of sp³-hybridized carbons (Fsp3) is 0.300. The molecule has 0 fully saturated rings. The summed E-state index contributed by atoms with van der Waals surface area (Å²) in [5.74, 6) is -4.35. The third kappa shape index (κ3) is 5.39. The quantitative estimate of drug-likeness (QED) is 0.360. The number of carbonyl (C=O) groups excluding carboxylic acids is 1. The van der Waals surface area contributed by atoms with E-state index in [1.54, 1.807) is 0 Å². The van der Waals surface area contributed by atoms with Crippen molar-refractivity contribution in [2.75, 3.05) is 11.0 Å². The van der Waals surface area contributed by atoms with E-state index in [9.17, 15) is 30.8 Å². The second kappa shape index (κ2) is 8.64. The number of hydrogen-bond donors (Lipinski definition) is 2. The molecule has 0 aliphatic rings. The summed E-state index contributed by atoms with van der Waals surface area (Å²) in [5, 5.41) is 3.08. The Balaban J connectivity index is 3.08. The van der Waals surface area contributed by atoms with Gasteiger partial charge in [0.25, 0.3) is 5.91 Å². The van der Waals surface area contributed by atoms with Crippen LogP contribution in [0.2, 0.25) is 1.41 Å². The van der Waals surface area contributed by atoms with Crippen molar-refractivity contribution in [2.24, 2.45) is 0 Å². The van der Waals surface area contributed by atoms with Gasteiger partial charge in [0.2, 0.25) is 1.43 Å². The minimum Gasteiger partial charge on any atom is -0.379 e. The fourth-order valence-corrected chi connectivity index (χ4v) is 3.39. The van der Waals surface area contributed by atoms with E-state index in [1.165, 1.54) is 0 Å². The average molecular weight is 471 g/mol.